The van der Waals surface area contributed by atoms with Crippen molar-refractivity contribution in [3.8, 4) is 0 Å². The molecule has 0 fully saturated rings. The van der Waals surface area contributed by atoms with Crippen molar-refractivity contribution in [2.24, 2.45) is 0 Å². The Labute approximate surface area is 80.9 Å². The van der Waals surface area contributed by atoms with E-state index >= 15 is 0 Å². The molecular weight excluding hydrogens is 266 g/mol. The highest BCUT2D eigenvalue weighted by molar-refractivity contribution is 4.99. The van der Waals surface area contributed by atoms with Gasteiger partial charge in [-0.3, -0.25) is 0 Å². The molecule has 0 rings (SSSR count). The Kier molecular flexibility index (Phi) is 4.06. The van der Waals surface area contributed by atoms with Crippen LogP contribution >= 0.6 is 0 Å². The van der Waals surface area contributed by atoms with Crippen molar-refractivity contribution >= 4 is 0 Å². The average Bonchev–Trinajstić information content (AvgIpc) is 2.15. The molecule has 11 heteroatoms. The van der Waals surface area contributed by atoms with Crippen LogP contribution in [0.15, 0.2) is 0 Å². The number of halogens is 10. The molecule has 0 spiro atoms. The van der Waals surface area contributed by atoms with Crippen molar-refractivity contribution in [1.29, 1.82) is 0 Å². The fourth-order valence-corrected chi connectivity index (χ4v) is 0.558. The largest absolute Gasteiger partial charge is 0.383 e. The molecule has 0 aromatic heterocycles. The van der Waals surface area contributed by atoms with Crippen LogP contribution in [-0.2, 0) is 4.94 Å². The average molecular weight is 268 g/mol. The highest BCUT2D eigenvalue weighted by Gasteiger charge is 2.78. The summed E-state index contributed by atoms with van der Waals surface area (Å²) in [4.78, 5) is 1.60. The number of hydrogen-bond acceptors (Lipinski definition) is 1. The van der Waals surface area contributed by atoms with Crippen LogP contribution in [0.3, 0.4) is 0 Å². The van der Waals surface area contributed by atoms with Crippen LogP contribution in [0.2, 0.25) is 0 Å². The van der Waals surface area contributed by atoms with Crippen LogP contribution in [0.25, 0.3) is 0 Å². The van der Waals surface area contributed by atoms with E-state index in [0.29, 0.717) is 0 Å². The Bertz CT molecular complexity index is 237. The van der Waals surface area contributed by atoms with E-state index in [0.717, 1.165) is 0 Å². The summed E-state index contributed by atoms with van der Waals surface area (Å²) in [6, 6.07) is 0. The molecule has 1 unspecified atom stereocenters. The SMILES string of the molecule is FOC(F)C(F)(F)C(F)(F)C(F)(F)C(F)F. The van der Waals surface area contributed by atoms with Gasteiger partial charge in [0.2, 0.25) is 0 Å². The Morgan fingerprint density at radius 3 is 1.38 bits per heavy atom. The molecule has 0 aliphatic rings. The lowest BCUT2D eigenvalue weighted by Crippen LogP contribution is -2.61. The monoisotopic (exact) mass is 268 g/mol. The van der Waals surface area contributed by atoms with Gasteiger partial charge in [0.15, 0.2) is 0 Å². The van der Waals surface area contributed by atoms with Crippen LogP contribution in [-0.4, -0.2) is 30.6 Å². The number of rotatable bonds is 5. The third kappa shape index (κ3) is 2.04. The van der Waals surface area contributed by atoms with Crippen LogP contribution in [0.4, 0.5) is 44.0 Å². The zero-order chi connectivity index (χ0) is 13.4. The van der Waals surface area contributed by atoms with Gasteiger partial charge in [0.05, 0.1) is 0 Å². The van der Waals surface area contributed by atoms with Crippen LogP contribution in [0.5, 0.6) is 0 Å². The first-order chi connectivity index (χ1) is 6.92. The molecule has 0 heterocycles. The maximum Gasteiger partial charge on any atom is 0.383 e. The normalized spacial score (nSPS) is 16.7. The van der Waals surface area contributed by atoms with Crippen molar-refractivity contribution in [3.05, 3.63) is 0 Å². The van der Waals surface area contributed by atoms with Crippen LogP contribution in [0.1, 0.15) is 0 Å². The third-order valence-electron chi connectivity index (χ3n) is 1.47. The first kappa shape index (κ1) is 15.3. The minimum absolute atomic E-state index is 1.60. The summed E-state index contributed by atoms with van der Waals surface area (Å²) >= 11 is 0. The first-order valence-electron chi connectivity index (χ1n) is 3.26. The third-order valence-corrected chi connectivity index (χ3v) is 1.47. The Morgan fingerprint density at radius 1 is 0.750 bits per heavy atom. The van der Waals surface area contributed by atoms with Crippen LogP contribution < -0.4 is 0 Å². The summed E-state index contributed by atoms with van der Waals surface area (Å²) in [5.74, 6) is -19.8. The van der Waals surface area contributed by atoms with E-state index < -0.39 is 30.6 Å². The molecule has 0 aromatic rings. The molecule has 0 aliphatic heterocycles. The van der Waals surface area contributed by atoms with E-state index in [2.05, 4.69) is 0 Å². The van der Waals surface area contributed by atoms with Crippen LogP contribution in [0, 0.1) is 0 Å². The summed E-state index contributed by atoms with van der Waals surface area (Å²) < 4.78 is 118. The highest BCUT2D eigenvalue weighted by Crippen LogP contribution is 2.50. The minimum Gasteiger partial charge on any atom is -0.205 e. The van der Waals surface area contributed by atoms with Gasteiger partial charge >= 0.3 is 30.6 Å². The summed E-state index contributed by atoms with van der Waals surface area (Å²) in [7, 11) is 0. The van der Waals surface area contributed by atoms with Gasteiger partial charge in [-0.25, -0.2) is 13.2 Å². The summed E-state index contributed by atoms with van der Waals surface area (Å²) in [6.07, 6.45) is -9.99. The van der Waals surface area contributed by atoms with E-state index in [4.69, 9.17) is 0 Å². The van der Waals surface area contributed by atoms with Gasteiger partial charge in [0, 0.05) is 0 Å². The lowest BCUT2D eigenvalue weighted by atomic mass is 10.1. The van der Waals surface area contributed by atoms with E-state index in [-0.39, 0.29) is 0 Å². The quantitative estimate of drug-likeness (QED) is 0.695. The maximum atomic E-state index is 12.2. The molecule has 0 saturated heterocycles. The van der Waals surface area contributed by atoms with Gasteiger partial charge < -0.3 is 0 Å². The van der Waals surface area contributed by atoms with Gasteiger partial charge in [-0.2, -0.15) is 26.3 Å². The minimum atomic E-state index is -6.82. The zero-order valence-corrected chi connectivity index (χ0v) is 6.84. The number of alkyl halides is 9. The molecule has 0 amide bonds. The molecule has 0 saturated carbocycles. The second-order valence-corrected chi connectivity index (χ2v) is 2.53. The van der Waals surface area contributed by atoms with Crippen molar-refractivity contribution in [2.75, 3.05) is 0 Å². The molecule has 0 aliphatic carbocycles. The lowest BCUT2D eigenvalue weighted by molar-refractivity contribution is -0.397. The van der Waals surface area contributed by atoms with E-state index in [9.17, 15) is 44.0 Å². The Hall–Kier alpha value is -0.740. The summed E-state index contributed by atoms with van der Waals surface area (Å²) in [5.41, 5.74) is 0. The van der Waals surface area contributed by atoms with Gasteiger partial charge in [-0.1, -0.05) is 0 Å². The smallest absolute Gasteiger partial charge is 0.205 e. The second kappa shape index (κ2) is 4.26. The van der Waals surface area contributed by atoms with E-state index in [1.807, 2.05) is 0 Å². The predicted octanol–water partition coefficient (Wildman–Crippen LogP) is 3.35. The molecular formula is C5H2F10O. The molecule has 0 N–H and O–H groups in total. The maximum absolute atomic E-state index is 12.2. The molecule has 0 bridgehead atoms. The molecule has 1 atom stereocenters. The second-order valence-electron chi connectivity index (χ2n) is 2.53. The summed E-state index contributed by atoms with van der Waals surface area (Å²) in [5, 5.41) is 0. The predicted molar refractivity (Wildman–Crippen MR) is 27.9 cm³/mol. The summed E-state index contributed by atoms with van der Waals surface area (Å²) in [6.45, 7) is 0. The molecule has 0 radical (unpaired) electrons. The van der Waals surface area contributed by atoms with Gasteiger partial charge in [0.25, 0.3) is 0 Å². The van der Waals surface area contributed by atoms with Gasteiger partial charge in [-0.15, -0.1) is 4.94 Å². The highest BCUT2D eigenvalue weighted by atomic mass is 19.4. The van der Waals surface area contributed by atoms with E-state index in [1.54, 1.807) is 4.94 Å². The molecule has 1 nitrogen and oxygen atoms in total. The fraction of sp³-hybridized carbons (Fsp3) is 1.00. The van der Waals surface area contributed by atoms with E-state index in [1.165, 1.54) is 0 Å². The molecule has 98 valence electrons. The topological polar surface area (TPSA) is 9.23 Å². The van der Waals surface area contributed by atoms with Gasteiger partial charge in [0.1, 0.15) is 0 Å². The Morgan fingerprint density at radius 2 is 1.12 bits per heavy atom. The number of hydrogen-bond donors (Lipinski definition) is 0. The Balaban J connectivity index is 5.34. The zero-order valence-electron chi connectivity index (χ0n) is 6.84. The fourth-order valence-electron chi connectivity index (χ4n) is 0.558. The standard InChI is InChI=1S/C5H2F10O/c6-1(7)3(9,10)5(13,14)4(11,12)2(8)16-15/h1-2H. The van der Waals surface area contributed by atoms with Crippen molar-refractivity contribution < 1.29 is 49.0 Å². The molecule has 16 heavy (non-hydrogen) atoms. The van der Waals surface area contributed by atoms with Crippen molar-refractivity contribution in [1.82, 2.24) is 0 Å². The van der Waals surface area contributed by atoms with Gasteiger partial charge in [-0.05, 0) is 4.53 Å². The molecule has 0 aromatic carbocycles. The van der Waals surface area contributed by atoms with Crippen molar-refractivity contribution in [2.45, 2.75) is 30.6 Å². The lowest BCUT2D eigenvalue weighted by Gasteiger charge is -2.32. The van der Waals surface area contributed by atoms with Crippen molar-refractivity contribution in [3.63, 3.8) is 0 Å². The first-order valence-corrected chi connectivity index (χ1v) is 3.26.